The average Bonchev–Trinajstić information content (AvgIpc) is 2.38. The van der Waals surface area contributed by atoms with Crippen molar-refractivity contribution in [1.29, 1.82) is 0 Å². The largest absolute Gasteiger partial charge is 0.367 e. The SMILES string of the molecule is CCC1CN(c2ccc(C(C)N)cc2F)CCS1. The van der Waals surface area contributed by atoms with Crippen LogP contribution < -0.4 is 10.6 Å². The fourth-order valence-electron chi connectivity index (χ4n) is 2.25. The van der Waals surface area contributed by atoms with Gasteiger partial charge in [-0.1, -0.05) is 13.0 Å². The summed E-state index contributed by atoms with van der Waals surface area (Å²) >= 11 is 1.99. The van der Waals surface area contributed by atoms with E-state index in [1.165, 1.54) is 0 Å². The molecule has 0 aliphatic carbocycles. The van der Waals surface area contributed by atoms with Gasteiger partial charge in [-0.25, -0.2) is 4.39 Å². The van der Waals surface area contributed by atoms with Crippen LogP contribution in [0.5, 0.6) is 0 Å². The van der Waals surface area contributed by atoms with Crippen LogP contribution in [-0.4, -0.2) is 24.1 Å². The molecule has 1 aromatic rings. The Morgan fingerprint density at radius 2 is 2.33 bits per heavy atom. The highest BCUT2D eigenvalue weighted by molar-refractivity contribution is 8.00. The molecule has 1 fully saturated rings. The quantitative estimate of drug-likeness (QED) is 0.913. The zero-order valence-electron chi connectivity index (χ0n) is 11.0. The highest BCUT2D eigenvalue weighted by Gasteiger charge is 2.21. The van der Waals surface area contributed by atoms with Gasteiger partial charge in [-0.05, 0) is 31.0 Å². The van der Waals surface area contributed by atoms with Crippen LogP contribution in [-0.2, 0) is 0 Å². The van der Waals surface area contributed by atoms with Crippen molar-refractivity contribution in [2.45, 2.75) is 31.6 Å². The first-order valence-electron chi connectivity index (χ1n) is 6.53. The Bertz CT molecular complexity index is 409. The number of rotatable bonds is 3. The molecule has 18 heavy (non-hydrogen) atoms. The Hall–Kier alpha value is -0.740. The first kappa shape index (κ1) is 13.7. The van der Waals surface area contributed by atoms with E-state index in [4.69, 9.17) is 5.73 Å². The minimum atomic E-state index is -0.147. The molecular formula is C14H21FN2S. The summed E-state index contributed by atoms with van der Waals surface area (Å²) in [6.45, 7) is 5.93. The fourth-order valence-corrected chi connectivity index (χ4v) is 3.43. The Kier molecular flexibility index (Phi) is 4.51. The third-order valence-corrected chi connectivity index (χ3v) is 4.80. The molecular weight excluding hydrogens is 247 g/mol. The minimum absolute atomic E-state index is 0.117. The number of halogens is 1. The van der Waals surface area contributed by atoms with Crippen LogP contribution in [0.1, 0.15) is 31.9 Å². The first-order valence-corrected chi connectivity index (χ1v) is 7.58. The zero-order chi connectivity index (χ0) is 13.1. The Balaban J connectivity index is 2.17. The Morgan fingerprint density at radius 3 is 2.94 bits per heavy atom. The second-order valence-electron chi connectivity index (χ2n) is 4.85. The van der Waals surface area contributed by atoms with Crippen molar-refractivity contribution in [3.8, 4) is 0 Å². The molecule has 0 saturated carbocycles. The molecule has 4 heteroatoms. The third kappa shape index (κ3) is 2.98. The maximum atomic E-state index is 14.1. The predicted octanol–water partition coefficient (Wildman–Crippen LogP) is 3.18. The summed E-state index contributed by atoms with van der Waals surface area (Å²) in [5.41, 5.74) is 7.35. The van der Waals surface area contributed by atoms with Crippen LogP contribution in [0.2, 0.25) is 0 Å². The van der Waals surface area contributed by atoms with Crippen molar-refractivity contribution < 1.29 is 4.39 Å². The normalized spacial score (nSPS) is 22.0. The number of hydrogen-bond acceptors (Lipinski definition) is 3. The number of nitrogens with zero attached hydrogens (tertiary/aromatic N) is 1. The lowest BCUT2D eigenvalue weighted by atomic mass is 10.1. The minimum Gasteiger partial charge on any atom is -0.367 e. The van der Waals surface area contributed by atoms with Gasteiger partial charge in [-0.2, -0.15) is 11.8 Å². The van der Waals surface area contributed by atoms with Crippen LogP contribution in [0.15, 0.2) is 18.2 Å². The van der Waals surface area contributed by atoms with Crippen molar-refractivity contribution in [2.75, 3.05) is 23.7 Å². The van der Waals surface area contributed by atoms with E-state index in [9.17, 15) is 4.39 Å². The Labute approximate surface area is 113 Å². The molecule has 1 aromatic carbocycles. The van der Waals surface area contributed by atoms with Gasteiger partial charge in [0.05, 0.1) is 5.69 Å². The maximum absolute atomic E-state index is 14.1. The van der Waals surface area contributed by atoms with Gasteiger partial charge in [0, 0.05) is 30.1 Å². The van der Waals surface area contributed by atoms with Gasteiger partial charge in [0.25, 0.3) is 0 Å². The lowest BCUT2D eigenvalue weighted by Gasteiger charge is -2.34. The van der Waals surface area contributed by atoms with E-state index in [1.54, 1.807) is 6.07 Å². The molecule has 1 heterocycles. The Morgan fingerprint density at radius 1 is 1.56 bits per heavy atom. The third-order valence-electron chi connectivity index (χ3n) is 3.43. The molecule has 0 spiro atoms. The van der Waals surface area contributed by atoms with Gasteiger partial charge < -0.3 is 10.6 Å². The molecule has 2 nitrogen and oxygen atoms in total. The van der Waals surface area contributed by atoms with E-state index < -0.39 is 0 Å². The summed E-state index contributed by atoms with van der Waals surface area (Å²) in [7, 11) is 0. The summed E-state index contributed by atoms with van der Waals surface area (Å²) in [5.74, 6) is 0.930. The van der Waals surface area contributed by atoms with E-state index >= 15 is 0 Å². The van der Waals surface area contributed by atoms with Gasteiger partial charge in [0.2, 0.25) is 0 Å². The van der Waals surface area contributed by atoms with Gasteiger partial charge in [0.1, 0.15) is 5.82 Å². The molecule has 1 aliphatic rings. The van der Waals surface area contributed by atoms with Crippen molar-refractivity contribution in [2.24, 2.45) is 5.73 Å². The van der Waals surface area contributed by atoms with Gasteiger partial charge >= 0.3 is 0 Å². The number of thioether (sulfide) groups is 1. The van der Waals surface area contributed by atoms with Crippen LogP contribution in [0.25, 0.3) is 0 Å². The average molecular weight is 268 g/mol. The molecule has 0 bridgehead atoms. The summed E-state index contributed by atoms with van der Waals surface area (Å²) < 4.78 is 14.1. The van der Waals surface area contributed by atoms with E-state index in [1.807, 2.05) is 30.8 Å². The van der Waals surface area contributed by atoms with Crippen molar-refractivity contribution >= 4 is 17.4 Å². The summed E-state index contributed by atoms with van der Waals surface area (Å²) in [6.07, 6.45) is 1.14. The molecule has 1 aliphatic heterocycles. The first-order chi connectivity index (χ1) is 8.61. The van der Waals surface area contributed by atoms with E-state index in [-0.39, 0.29) is 11.9 Å². The van der Waals surface area contributed by atoms with Crippen molar-refractivity contribution in [3.05, 3.63) is 29.6 Å². The van der Waals surface area contributed by atoms with E-state index in [0.717, 1.165) is 36.5 Å². The van der Waals surface area contributed by atoms with E-state index in [2.05, 4.69) is 11.8 Å². The second kappa shape index (κ2) is 5.93. The molecule has 100 valence electrons. The molecule has 2 atom stereocenters. The summed E-state index contributed by atoms with van der Waals surface area (Å²) in [4.78, 5) is 2.16. The predicted molar refractivity (Wildman–Crippen MR) is 77.8 cm³/mol. The van der Waals surface area contributed by atoms with Gasteiger partial charge in [0.15, 0.2) is 0 Å². The standard InChI is InChI=1S/C14H21FN2S/c1-3-12-9-17(6-7-18-12)14-5-4-11(10(2)16)8-13(14)15/h4-5,8,10,12H,3,6-7,9,16H2,1-2H3. The van der Waals surface area contributed by atoms with Gasteiger partial charge in [-0.15, -0.1) is 0 Å². The van der Waals surface area contributed by atoms with Crippen LogP contribution in [0.4, 0.5) is 10.1 Å². The molecule has 0 radical (unpaired) electrons. The van der Waals surface area contributed by atoms with Crippen molar-refractivity contribution in [1.82, 2.24) is 0 Å². The number of anilines is 1. The molecule has 2 rings (SSSR count). The van der Waals surface area contributed by atoms with Crippen LogP contribution >= 0.6 is 11.8 Å². The number of hydrogen-bond donors (Lipinski definition) is 1. The number of nitrogens with two attached hydrogens (primary N) is 1. The zero-order valence-corrected chi connectivity index (χ0v) is 11.8. The second-order valence-corrected chi connectivity index (χ2v) is 6.25. The van der Waals surface area contributed by atoms with Crippen LogP contribution in [0.3, 0.4) is 0 Å². The van der Waals surface area contributed by atoms with Crippen LogP contribution in [0, 0.1) is 5.82 Å². The fraction of sp³-hybridized carbons (Fsp3) is 0.571. The summed E-state index contributed by atoms with van der Waals surface area (Å²) in [6, 6.07) is 5.26. The maximum Gasteiger partial charge on any atom is 0.146 e. The molecule has 2 unspecified atom stereocenters. The highest BCUT2D eigenvalue weighted by Crippen LogP contribution is 2.28. The topological polar surface area (TPSA) is 29.3 Å². The molecule has 2 N–H and O–H groups in total. The van der Waals surface area contributed by atoms with Crippen molar-refractivity contribution in [3.63, 3.8) is 0 Å². The van der Waals surface area contributed by atoms with Gasteiger partial charge in [-0.3, -0.25) is 0 Å². The molecule has 0 aromatic heterocycles. The summed E-state index contributed by atoms with van der Waals surface area (Å²) in [5, 5.41) is 0.617. The smallest absolute Gasteiger partial charge is 0.146 e. The number of benzene rings is 1. The lowest BCUT2D eigenvalue weighted by Crippen LogP contribution is -2.38. The highest BCUT2D eigenvalue weighted by atomic mass is 32.2. The van der Waals surface area contributed by atoms with E-state index in [0.29, 0.717) is 5.25 Å². The molecule has 1 saturated heterocycles. The molecule has 0 amide bonds. The lowest BCUT2D eigenvalue weighted by molar-refractivity contribution is 0.608. The monoisotopic (exact) mass is 268 g/mol.